The van der Waals surface area contributed by atoms with E-state index in [2.05, 4.69) is 20.3 Å². The summed E-state index contributed by atoms with van der Waals surface area (Å²) in [6, 6.07) is 1.90. The first-order valence-corrected chi connectivity index (χ1v) is 3.53. The lowest BCUT2D eigenvalue weighted by atomic mass is 10.3. The average molecular weight is 151 g/mol. The molecule has 0 atom stereocenters. The summed E-state index contributed by atoms with van der Waals surface area (Å²) in [5, 5.41) is 5.34. The molecule has 0 aliphatic carbocycles. The molecule has 0 bridgehead atoms. The van der Waals surface area contributed by atoms with Gasteiger partial charge < -0.3 is 4.52 Å². The van der Waals surface area contributed by atoms with Gasteiger partial charge in [-0.3, -0.25) is 0 Å². The zero-order chi connectivity index (χ0) is 6.81. The predicted molar refractivity (Wildman–Crippen MR) is 36.4 cm³/mol. The van der Waals surface area contributed by atoms with Gasteiger partial charge in [0.2, 0.25) is 0 Å². The second-order valence-electron chi connectivity index (χ2n) is 1.72. The third kappa shape index (κ3) is 0.823. The van der Waals surface area contributed by atoms with E-state index in [1.807, 2.05) is 11.4 Å². The normalized spacial score (nSPS) is 10.0. The van der Waals surface area contributed by atoms with Crippen LogP contribution in [0.1, 0.15) is 0 Å². The predicted octanol–water partition coefficient (Wildman–Crippen LogP) is 1.60. The molecule has 4 heteroatoms. The minimum Gasteiger partial charge on any atom is -0.363 e. The van der Waals surface area contributed by atoms with Crippen molar-refractivity contribution in [3.63, 3.8) is 0 Å². The number of rotatable bonds is 1. The molecule has 2 heterocycles. The highest BCUT2D eigenvalue weighted by atomic mass is 32.1. The largest absolute Gasteiger partial charge is 0.363 e. The Kier molecular flexibility index (Phi) is 1.25. The third-order valence-electron chi connectivity index (χ3n) is 1.10. The van der Waals surface area contributed by atoms with Crippen molar-refractivity contribution in [1.29, 1.82) is 0 Å². The van der Waals surface area contributed by atoms with Crippen LogP contribution in [0.15, 0.2) is 22.2 Å². The fourth-order valence-corrected chi connectivity index (χ4v) is 1.17. The lowest BCUT2D eigenvalue weighted by Crippen LogP contribution is -1.68. The van der Waals surface area contributed by atoms with Gasteiger partial charge in [0.25, 0.3) is 0 Å². The van der Waals surface area contributed by atoms with E-state index in [4.69, 9.17) is 0 Å². The van der Waals surface area contributed by atoms with E-state index in [0.717, 1.165) is 11.3 Å². The molecule has 0 aromatic carbocycles. The van der Waals surface area contributed by atoms with E-state index in [9.17, 15) is 0 Å². The number of aromatic nitrogens is 2. The molecule has 3 nitrogen and oxygen atoms in total. The van der Waals surface area contributed by atoms with Gasteiger partial charge in [-0.25, -0.2) is 0 Å². The first-order chi connectivity index (χ1) is 4.97. The Bertz CT molecular complexity index is 255. The van der Waals surface area contributed by atoms with Crippen molar-refractivity contribution in [3.8, 4) is 11.3 Å². The quantitative estimate of drug-likeness (QED) is 0.621. The molecule has 2 aromatic rings. The van der Waals surface area contributed by atoms with Crippen molar-refractivity contribution >= 4 is 11.5 Å². The monoisotopic (exact) mass is 151 g/mol. The fourth-order valence-electron chi connectivity index (χ4n) is 0.650. The summed E-state index contributed by atoms with van der Waals surface area (Å²) >= 11 is 1.40. The Morgan fingerprint density at radius 1 is 1.60 bits per heavy atom. The van der Waals surface area contributed by atoms with Crippen LogP contribution in [0.5, 0.6) is 0 Å². The molecule has 0 saturated heterocycles. The van der Waals surface area contributed by atoms with Gasteiger partial charge in [0.05, 0.1) is 11.3 Å². The van der Waals surface area contributed by atoms with Gasteiger partial charge in [0, 0.05) is 5.38 Å². The summed E-state index contributed by atoms with van der Waals surface area (Å²) in [6.45, 7) is 0. The highest BCUT2D eigenvalue weighted by Gasteiger charge is 2.00. The molecular weight excluding hydrogens is 148 g/mol. The molecule has 2 rings (SSSR count). The maximum atomic E-state index is 4.60. The van der Waals surface area contributed by atoms with Crippen LogP contribution in [0.25, 0.3) is 11.3 Å². The summed E-state index contributed by atoms with van der Waals surface area (Å²) < 4.78 is 8.67. The number of hydrogen-bond acceptors (Lipinski definition) is 4. The molecule has 0 spiro atoms. The van der Waals surface area contributed by atoms with Gasteiger partial charge >= 0.3 is 0 Å². The summed E-state index contributed by atoms with van der Waals surface area (Å²) in [7, 11) is 0. The molecule has 2 aromatic heterocycles. The zero-order valence-corrected chi connectivity index (χ0v) is 5.76. The molecule has 10 heavy (non-hydrogen) atoms. The zero-order valence-electron chi connectivity index (χ0n) is 4.94. The van der Waals surface area contributed by atoms with Crippen molar-refractivity contribution in [3.05, 3.63) is 23.9 Å². The van der Waals surface area contributed by atoms with Crippen LogP contribution in [0.2, 0.25) is 0 Å². The molecule has 0 fully saturated rings. The van der Waals surface area contributed by atoms with E-state index in [0.29, 0.717) is 0 Å². The minimum absolute atomic E-state index is 0.807. The van der Waals surface area contributed by atoms with E-state index in [1.54, 1.807) is 0 Å². The topological polar surface area (TPSA) is 38.9 Å². The van der Waals surface area contributed by atoms with Gasteiger partial charge in [0.15, 0.2) is 0 Å². The van der Waals surface area contributed by atoms with Crippen LogP contribution >= 0.6 is 11.5 Å². The molecule has 0 saturated carbocycles. The summed E-state index contributed by atoms with van der Waals surface area (Å²) in [5.74, 6) is 0. The van der Waals surface area contributed by atoms with Crippen LogP contribution in [-0.4, -0.2) is 9.53 Å². The summed E-state index contributed by atoms with van der Waals surface area (Å²) in [4.78, 5) is 0. The summed E-state index contributed by atoms with van der Waals surface area (Å²) in [5.41, 5.74) is 1.67. The first kappa shape index (κ1) is 5.61. The van der Waals surface area contributed by atoms with Crippen LogP contribution in [-0.2, 0) is 0 Å². The maximum absolute atomic E-state index is 4.60. The van der Waals surface area contributed by atoms with E-state index in [1.165, 1.54) is 17.8 Å². The highest BCUT2D eigenvalue weighted by molar-refractivity contribution is 7.03. The molecule has 0 amide bonds. The van der Waals surface area contributed by atoms with Gasteiger partial charge in [-0.1, -0.05) is 5.16 Å². The van der Waals surface area contributed by atoms with Crippen LogP contribution in [0, 0.1) is 6.20 Å². The average Bonchev–Trinajstić information content (AvgIpc) is 2.59. The van der Waals surface area contributed by atoms with Gasteiger partial charge in [-0.05, 0) is 17.6 Å². The highest BCUT2D eigenvalue weighted by Crippen LogP contribution is 2.15. The standard InChI is InChI=1S/C6H3N2OS/c1-2-10-8-6(1)5-3-7-9-4-5/h1-2,4H. The van der Waals surface area contributed by atoms with Crippen molar-refractivity contribution in [1.82, 2.24) is 9.53 Å². The minimum atomic E-state index is 0.807. The van der Waals surface area contributed by atoms with Crippen LogP contribution in [0.3, 0.4) is 0 Å². The molecule has 1 radical (unpaired) electrons. The number of nitrogens with zero attached hydrogens (tertiary/aromatic N) is 2. The Balaban J connectivity index is 2.48. The molecule has 0 N–H and O–H groups in total. The molecule has 0 aliphatic heterocycles. The molecule has 49 valence electrons. The first-order valence-electron chi connectivity index (χ1n) is 2.69. The Labute approximate surface area is 61.5 Å². The molecular formula is C6H3N2OS. The molecule has 0 aliphatic rings. The van der Waals surface area contributed by atoms with Crippen molar-refractivity contribution < 1.29 is 4.52 Å². The second kappa shape index (κ2) is 2.22. The third-order valence-corrected chi connectivity index (χ3v) is 1.66. The van der Waals surface area contributed by atoms with E-state index >= 15 is 0 Å². The van der Waals surface area contributed by atoms with Crippen molar-refractivity contribution in [2.24, 2.45) is 0 Å². The van der Waals surface area contributed by atoms with E-state index < -0.39 is 0 Å². The molecule has 0 unspecified atom stereocenters. The van der Waals surface area contributed by atoms with Crippen LogP contribution in [0.4, 0.5) is 0 Å². The van der Waals surface area contributed by atoms with Crippen molar-refractivity contribution in [2.45, 2.75) is 0 Å². The fraction of sp³-hybridized carbons (Fsp3) is 0. The van der Waals surface area contributed by atoms with Gasteiger partial charge in [-0.15, -0.1) is 0 Å². The Morgan fingerprint density at radius 3 is 3.20 bits per heavy atom. The second-order valence-corrected chi connectivity index (χ2v) is 2.39. The lowest BCUT2D eigenvalue weighted by molar-refractivity contribution is 0.418. The van der Waals surface area contributed by atoms with Crippen LogP contribution < -0.4 is 0 Å². The van der Waals surface area contributed by atoms with Gasteiger partial charge in [-0.2, -0.15) is 4.37 Å². The van der Waals surface area contributed by atoms with Crippen molar-refractivity contribution in [2.75, 3.05) is 0 Å². The maximum Gasteiger partial charge on any atom is 0.145 e. The smallest absolute Gasteiger partial charge is 0.145 e. The van der Waals surface area contributed by atoms with Gasteiger partial charge in [0.1, 0.15) is 12.5 Å². The van der Waals surface area contributed by atoms with E-state index in [-0.39, 0.29) is 0 Å². The summed E-state index contributed by atoms with van der Waals surface area (Å²) in [6.07, 6.45) is 4.19. The number of hydrogen-bond donors (Lipinski definition) is 0. The Morgan fingerprint density at radius 2 is 2.60 bits per heavy atom. The SMILES string of the molecule is [c]1nocc1-c1ccsn1. The lowest BCUT2D eigenvalue weighted by Gasteiger charge is -1.79. The Hall–Kier alpha value is -1.16.